The highest BCUT2D eigenvalue weighted by atomic mass is 32.2. The number of hydrogen-bond donors (Lipinski definition) is 1. The van der Waals surface area contributed by atoms with E-state index in [1.807, 2.05) is 91.9 Å². The number of carbonyl (C=O) groups is 4. The zero-order chi connectivity index (χ0) is 30.7. The number of ether oxygens (including phenoxy) is 1. The van der Waals surface area contributed by atoms with E-state index in [1.165, 1.54) is 7.11 Å². The SMILES string of the molecule is CC(C(=O)O)c1ccc2c(c1)CC(=O)c1ccccc1S2.COC(=O)C(C)c1ccc2c(c1)CC(=O)c1ccccc1S2.[CH3+]. The standard InChI is InChI=1S/C18H16O3S.C17H14O3S.CH3/c1-11(18(20)21-2)12-7-8-16-13(9-12)10-15(19)14-5-3-4-6-17(14)22-16;1-10(17(19)20)11-6-7-15-12(8-11)9-14(18)13-4-2-3-5-16(13)21-15;/h3-9,11H,10H2,1-2H3;2-8,10H,9H2,1H3,(H,19,20);1H3/q;;+1. The number of esters is 1. The van der Waals surface area contributed by atoms with E-state index in [0.29, 0.717) is 12.8 Å². The van der Waals surface area contributed by atoms with Crippen molar-refractivity contribution >= 4 is 47.0 Å². The van der Waals surface area contributed by atoms with E-state index in [0.717, 1.165) is 53.0 Å². The third kappa shape index (κ3) is 6.93. The smallest absolute Gasteiger partial charge is 0.312 e. The van der Waals surface area contributed by atoms with Crippen LogP contribution in [0.15, 0.2) is 105 Å². The number of rotatable bonds is 4. The van der Waals surface area contributed by atoms with Gasteiger partial charge in [-0.2, -0.15) is 0 Å². The summed E-state index contributed by atoms with van der Waals surface area (Å²) in [7, 11) is 1.39. The number of fused-ring (bicyclic) bond motifs is 4. The fraction of sp³-hybridized carbons (Fsp3) is 0.194. The molecule has 2 aliphatic rings. The van der Waals surface area contributed by atoms with E-state index in [-0.39, 0.29) is 30.9 Å². The number of hydrogen-bond acceptors (Lipinski definition) is 7. The molecule has 2 unspecified atom stereocenters. The average molecular weight is 626 g/mol. The first-order chi connectivity index (χ1) is 20.7. The summed E-state index contributed by atoms with van der Waals surface area (Å²) < 4.78 is 4.80. The summed E-state index contributed by atoms with van der Waals surface area (Å²) in [5.41, 5.74) is 5.01. The summed E-state index contributed by atoms with van der Waals surface area (Å²) in [5, 5.41) is 9.12. The second-order valence-electron chi connectivity index (χ2n) is 10.4. The zero-order valence-corrected chi connectivity index (χ0v) is 26.6. The quantitative estimate of drug-likeness (QED) is 0.180. The summed E-state index contributed by atoms with van der Waals surface area (Å²) in [6, 6.07) is 26.7. The van der Waals surface area contributed by atoms with Crippen LogP contribution in [0, 0.1) is 7.43 Å². The molecule has 1 N–H and O–H groups in total. The summed E-state index contributed by atoms with van der Waals surface area (Å²) in [4.78, 5) is 51.6. The minimum atomic E-state index is -0.856. The Kier molecular flexibility index (Phi) is 10.4. The Hall–Kier alpha value is -4.27. The molecule has 0 saturated carbocycles. The number of carboxylic acid groups (broad SMARTS) is 1. The van der Waals surface area contributed by atoms with Crippen LogP contribution in [-0.4, -0.2) is 35.7 Å². The monoisotopic (exact) mass is 625 g/mol. The average Bonchev–Trinajstić information content (AvgIpc) is 3.25. The number of benzene rings is 4. The molecule has 8 heteroatoms. The molecular formula is C36H33O6S2+. The summed E-state index contributed by atoms with van der Waals surface area (Å²) in [6.07, 6.45) is 0.681. The van der Waals surface area contributed by atoms with Crippen LogP contribution in [0.2, 0.25) is 0 Å². The fourth-order valence-electron chi connectivity index (χ4n) is 5.01. The molecule has 0 spiro atoms. The molecule has 0 aliphatic carbocycles. The molecule has 2 heterocycles. The lowest BCUT2D eigenvalue weighted by Crippen LogP contribution is -2.11. The Morgan fingerprint density at radius 3 is 1.55 bits per heavy atom. The maximum atomic E-state index is 12.4. The van der Waals surface area contributed by atoms with Gasteiger partial charge in [0.1, 0.15) is 0 Å². The van der Waals surface area contributed by atoms with Crippen molar-refractivity contribution in [2.75, 3.05) is 7.11 Å². The van der Waals surface area contributed by atoms with Crippen molar-refractivity contribution in [2.45, 2.75) is 58.1 Å². The van der Waals surface area contributed by atoms with E-state index in [9.17, 15) is 19.2 Å². The molecule has 2 atom stereocenters. The molecule has 0 radical (unpaired) electrons. The topological polar surface area (TPSA) is 97.7 Å². The number of ketones is 2. The summed E-state index contributed by atoms with van der Waals surface area (Å²) >= 11 is 3.17. The molecule has 4 aromatic rings. The Balaban J connectivity index is 0.000000197. The fourth-order valence-corrected chi connectivity index (χ4v) is 7.16. The van der Waals surface area contributed by atoms with Crippen LogP contribution in [0.5, 0.6) is 0 Å². The van der Waals surface area contributed by atoms with Crippen LogP contribution in [0.1, 0.15) is 68.7 Å². The van der Waals surface area contributed by atoms with Crippen LogP contribution in [0.4, 0.5) is 0 Å². The van der Waals surface area contributed by atoms with Crippen molar-refractivity contribution in [3.63, 3.8) is 0 Å². The van der Waals surface area contributed by atoms with Crippen molar-refractivity contribution < 1.29 is 29.0 Å². The summed E-state index contributed by atoms with van der Waals surface area (Å²) in [6.45, 7) is 3.47. The minimum Gasteiger partial charge on any atom is -0.481 e. The molecule has 0 aromatic heterocycles. The van der Waals surface area contributed by atoms with Gasteiger partial charge in [0.2, 0.25) is 0 Å². The van der Waals surface area contributed by atoms with Gasteiger partial charge in [-0.1, -0.05) is 84.2 Å². The highest BCUT2D eigenvalue weighted by Gasteiger charge is 2.24. The van der Waals surface area contributed by atoms with Crippen molar-refractivity contribution in [2.24, 2.45) is 0 Å². The molecule has 0 amide bonds. The van der Waals surface area contributed by atoms with Crippen LogP contribution in [0.25, 0.3) is 0 Å². The van der Waals surface area contributed by atoms with E-state index >= 15 is 0 Å². The van der Waals surface area contributed by atoms with Crippen LogP contribution < -0.4 is 0 Å². The van der Waals surface area contributed by atoms with Crippen LogP contribution >= 0.6 is 23.5 Å². The van der Waals surface area contributed by atoms with Gasteiger partial charge < -0.3 is 9.84 Å². The van der Waals surface area contributed by atoms with Gasteiger partial charge in [0, 0.05) is 51.0 Å². The van der Waals surface area contributed by atoms with E-state index in [4.69, 9.17) is 9.84 Å². The first kappa shape index (κ1) is 32.6. The van der Waals surface area contributed by atoms with Crippen molar-refractivity contribution in [1.29, 1.82) is 0 Å². The van der Waals surface area contributed by atoms with Crippen molar-refractivity contribution in [3.05, 3.63) is 126 Å². The molecular weight excluding hydrogens is 593 g/mol. The third-order valence-corrected chi connectivity index (χ3v) is 10.00. The van der Waals surface area contributed by atoms with E-state index < -0.39 is 11.9 Å². The van der Waals surface area contributed by atoms with Gasteiger partial charge >= 0.3 is 11.9 Å². The predicted octanol–water partition coefficient (Wildman–Crippen LogP) is 8.07. The molecule has 6 rings (SSSR count). The van der Waals surface area contributed by atoms with Gasteiger partial charge in [0.15, 0.2) is 11.6 Å². The third-order valence-electron chi connectivity index (χ3n) is 7.61. The molecule has 44 heavy (non-hydrogen) atoms. The molecule has 0 saturated heterocycles. The Morgan fingerprint density at radius 2 is 1.11 bits per heavy atom. The first-order valence-electron chi connectivity index (χ1n) is 13.8. The molecule has 6 nitrogen and oxygen atoms in total. The number of carboxylic acids is 1. The lowest BCUT2D eigenvalue weighted by Gasteiger charge is -2.12. The lowest BCUT2D eigenvalue weighted by atomic mass is 9.96. The van der Waals surface area contributed by atoms with Gasteiger partial charge in [0.25, 0.3) is 0 Å². The maximum absolute atomic E-state index is 12.4. The van der Waals surface area contributed by atoms with Gasteiger partial charge in [-0.15, -0.1) is 0 Å². The zero-order valence-electron chi connectivity index (χ0n) is 25.0. The van der Waals surface area contributed by atoms with Crippen molar-refractivity contribution in [1.82, 2.24) is 0 Å². The minimum absolute atomic E-state index is 0. The molecule has 0 fully saturated rings. The van der Waals surface area contributed by atoms with E-state index in [2.05, 4.69) is 0 Å². The summed E-state index contributed by atoms with van der Waals surface area (Å²) in [5.74, 6) is -1.83. The van der Waals surface area contributed by atoms with Gasteiger partial charge in [-0.25, -0.2) is 0 Å². The molecule has 0 bridgehead atoms. The highest BCUT2D eigenvalue weighted by molar-refractivity contribution is 7.99. The lowest BCUT2D eigenvalue weighted by molar-refractivity contribution is -0.142. The van der Waals surface area contributed by atoms with E-state index in [1.54, 1.807) is 30.4 Å². The first-order valence-corrected chi connectivity index (χ1v) is 15.5. The second kappa shape index (κ2) is 14.0. The van der Waals surface area contributed by atoms with Gasteiger partial charge in [0.05, 0.1) is 18.9 Å². The molecule has 4 aromatic carbocycles. The number of carbonyl (C=O) groups excluding carboxylic acids is 3. The van der Waals surface area contributed by atoms with Crippen LogP contribution in [-0.2, 0) is 27.2 Å². The largest absolute Gasteiger partial charge is 0.481 e. The number of aliphatic carboxylic acids is 1. The van der Waals surface area contributed by atoms with Gasteiger partial charge in [-0.05, 0) is 60.4 Å². The number of methoxy groups -OCH3 is 1. The Bertz CT molecular complexity index is 1740. The molecule has 224 valence electrons. The predicted molar refractivity (Wildman–Crippen MR) is 173 cm³/mol. The highest BCUT2D eigenvalue weighted by Crippen LogP contribution is 2.39. The number of Topliss-reactive ketones (excluding diaryl/α,β-unsaturated/α-hetero) is 2. The van der Waals surface area contributed by atoms with Crippen molar-refractivity contribution in [3.8, 4) is 0 Å². The van der Waals surface area contributed by atoms with Gasteiger partial charge in [-0.3, -0.25) is 19.2 Å². The Morgan fingerprint density at radius 1 is 0.682 bits per heavy atom. The molecule has 2 aliphatic heterocycles. The normalized spacial score (nSPS) is 14.3. The Labute approximate surface area is 266 Å². The van der Waals surface area contributed by atoms with Crippen LogP contribution in [0.3, 0.4) is 0 Å². The second-order valence-corrected chi connectivity index (χ2v) is 12.6. The maximum Gasteiger partial charge on any atom is 0.312 e.